The van der Waals surface area contributed by atoms with Gasteiger partial charge in [-0.1, -0.05) is 48.9 Å². The van der Waals surface area contributed by atoms with Gasteiger partial charge in [0, 0.05) is 19.8 Å². The molecule has 1 aromatic heterocycles. The third kappa shape index (κ3) is 3.95. The number of carbonyl (C=O) groups excluding carboxylic acids is 1. The Morgan fingerprint density at radius 3 is 2.67 bits per heavy atom. The molecular weight excluding hydrogens is 286 g/mol. The van der Waals surface area contributed by atoms with Gasteiger partial charge in [0.1, 0.15) is 5.82 Å². The standard InChI is InChI=1S/C16H18ClN3O/c1-11(12-6-4-3-5-7-12)9-20-16(21)13-8-14(17)15(18-2)19-10-13/h3-8,10-11H,9H2,1-2H3,(H,18,19)(H,20,21). The summed E-state index contributed by atoms with van der Waals surface area (Å²) in [6.45, 7) is 2.64. The van der Waals surface area contributed by atoms with E-state index >= 15 is 0 Å². The van der Waals surface area contributed by atoms with Gasteiger partial charge in [0.05, 0.1) is 10.6 Å². The van der Waals surface area contributed by atoms with Crippen LogP contribution in [-0.4, -0.2) is 24.5 Å². The molecule has 2 N–H and O–H groups in total. The maximum atomic E-state index is 12.1. The molecule has 110 valence electrons. The van der Waals surface area contributed by atoms with E-state index in [9.17, 15) is 4.79 Å². The Morgan fingerprint density at radius 1 is 1.33 bits per heavy atom. The zero-order valence-corrected chi connectivity index (χ0v) is 12.8. The first kappa shape index (κ1) is 15.3. The highest BCUT2D eigenvalue weighted by Crippen LogP contribution is 2.19. The number of halogens is 1. The summed E-state index contributed by atoms with van der Waals surface area (Å²) in [6, 6.07) is 11.7. The van der Waals surface area contributed by atoms with E-state index in [4.69, 9.17) is 11.6 Å². The van der Waals surface area contributed by atoms with E-state index in [0.29, 0.717) is 22.9 Å². The number of anilines is 1. The van der Waals surface area contributed by atoms with Crippen molar-refractivity contribution >= 4 is 23.3 Å². The van der Waals surface area contributed by atoms with Crippen LogP contribution in [0.5, 0.6) is 0 Å². The Morgan fingerprint density at radius 2 is 2.05 bits per heavy atom. The second kappa shape index (κ2) is 7.09. The lowest BCUT2D eigenvalue weighted by Crippen LogP contribution is -2.27. The van der Waals surface area contributed by atoms with Gasteiger partial charge in [-0.2, -0.15) is 0 Å². The third-order valence-electron chi connectivity index (χ3n) is 3.28. The highest BCUT2D eigenvalue weighted by atomic mass is 35.5. The highest BCUT2D eigenvalue weighted by Gasteiger charge is 2.11. The normalized spacial score (nSPS) is 11.8. The van der Waals surface area contributed by atoms with Gasteiger partial charge in [-0.05, 0) is 17.5 Å². The van der Waals surface area contributed by atoms with Gasteiger partial charge in [-0.15, -0.1) is 0 Å². The summed E-state index contributed by atoms with van der Waals surface area (Å²) in [5.74, 6) is 0.635. The molecule has 0 bridgehead atoms. The molecule has 0 radical (unpaired) electrons. The molecular formula is C16H18ClN3O. The number of aromatic nitrogens is 1. The molecule has 21 heavy (non-hydrogen) atoms. The predicted molar refractivity (Wildman–Crippen MR) is 86.0 cm³/mol. The Kier molecular flexibility index (Phi) is 5.17. The van der Waals surface area contributed by atoms with Crippen molar-refractivity contribution in [2.75, 3.05) is 18.9 Å². The third-order valence-corrected chi connectivity index (χ3v) is 3.57. The number of hydrogen-bond acceptors (Lipinski definition) is 3. The van der Waals surface area contributed by atoms with Crippen molar-refractivity contribution in [3.05, 3.63) is 58.7 Å². The Bertz CT molecular complexity index is 616. The maximum Gasteiger partial charge on any atom is 0.252 e. The number of nitrogens with one attached hydrogen (secondary N) is 2. The first-order chi connectivity index (χ1) is 10.1. The molecule has 0 saturated carbocycles. The molecule has 2 rings (SSSR count). The van der Waals surface area contributed by atoms with Crippen LogP contribution in [0, 0.1) is 0 Å². The lowest BCUT2D eigenvalue weighted by Gasteiger charge is -2.13. The van der Waals surface area contributed by atoms with Crippen molar-refractivity contribution in [1.82, 2.24) is 10.3 Å². The molecule has 1 heterocycles. The molecule has 1 aromatic carbocycles. The van der Waals surface area contributed by atoms with Crippen molar-refractivity contribution in [2.24, 2.45) is 0 Å². The van der Waals surface area contributed by atoms with E-state index in [1.165, 1.54) is 11.8 Å². The van der Waals surface area contributed by atoms with Crippen LogP contribution in [0.1, 0.15) is 28.8 Å². The predicted octanol–water partition coefficient (Wildman–Crippen LogP) is 3.31. The Balaban J connectivity index is 1.97. The fourth-order valence-electron chi connectivity index (χ4n) is 1.99. The number of nitrogens with zero attached hydrogens (tertiary/aromatic N) is 1. The second-order valence-electron chi connectivity index (χ2n) is 4.83. The number of amides is 1. The van der Waals surface area contributed by atoms with E-state index < -0.39 is 0 Å². The second-order valence-corrected chi connectivity index (χ2v) is 5.23. The van der Waals surface area contributed by atoms with E-state index in [1.54, 1.807) is 13.1 Å². The minimum absolute atomic E-state index is 0.171. The summed E-state index contributed by atoms with van der Waals surface area (Å²) in [4.78, 5) is 16.2. The summed E-state index contributed by atoms with van der Waals surface area (Å²) >= 11 is 6.03. The van der Waals surface area contributed by atoms with Crippen molar-refractivity contribution in [2.45, 2.75) is 12.8 Å². The molecule has 0 aliphatic heterocycles. The van der Waals surface area contributed by atoms with Crippen LogP contribution < -0.4 is 10.6 Å². The molecule has 0 aliphatic rings. The fraction of sp³-hybridized carbons (Fsp3) is 0.250. The molecule has 1 unspecified atom stereocenters. The lowest BCUT2D eigenvalue weighted by atomic mass is 10.0. The molecule has 0 saturated heterocycles. The van der Waals surface area contributed by atoms with Gasteiger partial charge in [-0.25, -0.2) is 4.98 Å². The smallest absolute Gasteiger partial charge is 0.252 e. The van der Waals surface area contributed by atoms with Crippen molar-refractivity contribution < 1.29 is 4.79 Å². The first-order valence-electron chi connectivity index (χ1n) is 6.78. The van der Waals surface area contributed by atoms with Crippen LogP contribution in [0.25, 0.3) is 0 Å². The van der Waals surface area contributed by atoms with Crippen LogP contribution in [0.15, 0.2) is 42.6 Å². The Hall–Kier alpha value is -2.07. The van der Waals surface area contributed by atoms with Gasteiger partial charge in [0.15, 0.2) is 0 Å². The van der Waals surface area contributed by atoms with Crippen molar-refractivity contribution in [1.29, 1.82) is 0 Å². The summed E-state index contributed by atoms with van der Waals surface area (Å²) in [7, 11) is 1.73. The summed E-state index contributed by atoms with van der Waals surface area (Å²) in [5, 5.41) is 6.19. The molecule has 2 aromatic rings. The van der Waals surface area contributed by atoms with E-state index in [-0.39, 0.29) is 11.8 Å². The quantitative estimate of drug-likeness (QED) is 0.891. The largest absolute Gasteiger partial charge is 0.372 e. The summed E-state index contributed by atoms with van der Waals surface area (Å²) in [5.41, 5.74) is 1.65. The minimum Gasteiger partial charge on any atom is -0.372 e. The number of pyridine rings is 1. The van der Waals surface area contributed by atoms with E-state index in [2.05, 4.69) is 34.7 Å². The average Bonchev–Trinajstić information content (AvgIpc) is 2.53. The highest BCUT2D eigenvalue weighted by molar-refractivity contribution is 6.33. The molecule has 0 spiro atoms. The number of carbonyl (C=O) groups is 1. The van der Waals surface area contributed by atoms with E-state index in [1.807, 2.05) is 18.2 Å². The van der Waals surface area contributed by atoms with Gasteiger partial charge in [-0.3, -0.25) is 4.79 Å². The monoisotopic (exact) mass is 303 g/mol. The molecule has 0 fully saturated rings. The summed E-state index contributed by atoms with van der Waals surface area (Å²) < 4.78 is 0. The molecule has 1 amide bonds. The van der Waals surface area contributed by atoms with Gasteiger partial charge in [0.2, 0.25) is 0 Å². The van der Waals surface area contributed by atoms with Gasteiger partial charge >= 0.3 is 0 Å². The topological polar surface area (TPSA) is 54.0 Å². The molecule has 4 nitrogen and oxygen atoms in total. The van der Waals surface area contributed by atoms with Crippen LogP contribution in [0.4, 0.5) is 5.82 Å². The minimum atomic E-state index is -0.171. The molecule has 5 heteroatoms. The van der Waals surface area contributed by atoms with E-state index in [0.717, 1.165) is 0 Å². The van der Waals surface area contributed by atoms with Crippen molar-refractivity contribution in [3.63, 3.8) is 0 Å². The number of rotatable bonds is 5. The van der Waals surface area contributed by atoms with Crippen LogP contribution in [-0.2, 0) is 0 Å². The zero-order valence-electron chi connectivity index (χ0n) is 12.1. The van der Waals surface area contributed by atoms with Crippen LogP contribution in [0.2, 0.25) is 5.02 Å². The first-order valence-corrected chi connectivity index (χ1v) is 7.16. The van der Waals surface area contributed by atoms with Crippen LogP contribution in [0.3, 0.4) is 0 Å². The summed E-state index contributed by atoms with van der Waals surface area (Å²) in [6.07, 6.45) is 1.51. The molecule has 0 aliphatic carbocycles. The van der Waals surface area contributed by atoms with Gasteiger partial charge < -0.3 is 10.6 Å². The Labute approximate surface area is 129 Å². The number of hydrogen-bond donors (Lipinski definition) is 2. The van der Waals surface area contributed by atoms with Crippen molar-refractivity contribution in [3.8, 4) is 0 Å². The van der Waals surface area contributed by atoms with Crippen LogP contribution >= 0.6 is 11.6 Å². The lowest BCUT2D eigenvalue weighted by molar-refractivity contribution is 0.0951. The fourth-order valence-corrected chi connectivity index (χ4v) is 2.25. The average molecular weight is 304 g/mol. The van der Waals surface area contributed by atoms with Gasteiger partial charge in [0.25, 0.3) is 5.91 Å². The SMILES string of the molecule is CNc1ncc(C(=O)NCC(C)c2ccccc2)cc1Cl. The molecule has 1 atom stereocenters. The number of benzene rings is 1. The zero-order chi connectivity index (χ0) is 15.2. The maximum absolute atomic E-state index is 12.1.